The predicted molar refractivity (Wildman–Crippen MR) is 326 cm³/mol. The summed E-state index contributed by atoms with van der Waals surface area (Å²) < 4.78 is 0. The number of hydrogen-bond donors (Lipinski definition) is 0. The fourth-order valence-electron chi connectivity index (χ4n) is 8.12. The van der Waals surface area contributed by atoms with Crippen molar-refractivity contribution in [3.05, 3.63) is 286 Å². The lowest BCUT2D eigenvalue weighted by Crippen LogP contribution is -2.33. The monoisotopic (exact) mass is 984 g/mol. The Hall–Kier alpha value is -6.93. The molecule has 3 aliphatic carbocycles. The van der Waals surface area contributed by atoms with E-state index in [0.29, 0.717) is 6.04 Å². The zero-order chi connectivity index (χ0) is 52.8. The Morgan fingerprint density at radius 2 is 1.04 bits per heavy atom. The molecule has 0 fully saturated rings. The summed E-state index contributed by atoms with van der Waals surface area (Å²) in [5.41, 5.74) is 19.6. The summed E-state index contributed by atoms with van der Waals surface area (Å²) in [6.45, 7) is 22.9. The Balaban J connectivity index is 0.000000231. The third-order valence-electron chi connectivity index (χ3n) is 12.5. The number of hydrogen-bond acceptors (Lipinski definition) is 1. The lowest BCUT2D eigenvalue weighted by molar-refractivity contribution is 0.756. The van der Waals surface area contributed by atoms with Crippen molar-refractivity contribution < 1.29 is 0 Å². The molecule has 378 valence electrons. The molecule has 2 heteroatoms. The van der Waals surface area contributed by atoms with Crippen molar-refractivity contribution in [2.45, 2.75) is 114 Å². The van der Waals surface area contributed by atoms with Crippen molar-refractivity contribution in [2.24, 2.45) is 0 Å². The van der Waals surface area contributed by atoms with Crippen molar-refractivity contribution in [1.29, 1.82) is 0 Å². The van der Waals surface area contributed by atoms with Crippen LogP contribution in [0.2, 0.25) is 5.02 Å². The highest BCUT2D eigenvalue weighted by atomic mass is 35.5. The number of benzene rings is 7. The Bertz CT molecular complexity index is 2840. The van der Waals surface area contributed by atoms with Gasteiger partial charge >= 0.3 is 0 Å². The predicted octanol–water partition coefficient (Wildman–Crippen LogP) is 21.4. The Labute approximate surface area is 447 Å². The van der Waals surface area contributed by atoms with Gasteiger partial charge in [-0.15, -0.1) is 0 Å². The Kier molecular flexibility index (Phi) is 26.4. The van der Waals surface area contributed by atoms with E-state index < -0.39 is 0 Å². The first-order valence-corrected chi connectivity index (χ1v) is 26.9. The van der Waals surface area contributed by atoms with Gasteiger partial charge in [0.25, 0.3) is 0 Å². The van der Waals surface area contributed by atoms with Crippen LogP contribution in [0.3, 0.4) is 0 Å². The molecule has 1 nitrogen and oxygen atoms in total. The van der Waals surface area contributed by atoms with Gasteiger partial charge in [-0.2, -0.15) is 0 Å². The molecule has 0 radical (unpaired) electrons. The van der Waals surface area contributed by atoms with E-state index in [2.05, 4.69) is 235 Å². The second-order valence-corrected chi connectivity index (χ2v) is 18.5. The molecule has 3 aliphatic rings. The summed E-state index contributed by atoms with van der Waals surface area (Å²) in [6, 6.07) is 61.9. The van der Waals surface area contributed by atoms with Crippen molar-refractivity contribution in [3.8, 4) is 22.3 Å². The fraction of sp³-hybridized carbons (Fsp3) is 0.239. The maximum absolute atomic E-state index is 5.71. The maximum Gasteiger partial charge on any atom is 0.0560 e. The topological polar surface area (TPSA) is 3.24 Å². The van der Waals surface area contributed by atoms with Crippen LogP contribution < -0.4 is 4.90 Å². The molecule has 0 aromatic heterocycles. The van der Waals surface area contributed by atoms with Gasteiger partial charge in [-0.1, -0.05) is 256 Å². The van der Waals surface area contributed by atoms with Crippen LogP contribution in [-0.4, -0.2) is 6.04 Å². The van der Waals surface area contributed by atoms with Crippen LogP contribution in [0, 0.1) is 41.5 Å². The smallest absolute Gasteiger partial charge is 0.0560 e. The second kappa shape index (κ2) is 32.9. The second-order valence-electron chi connectivity index (χ2n) is 18.1. The molecule has 0 heterocycles. The molecule has 0 bridgehead atoms. The average Bonchev–Trinajstić information content (AvgIpc) is 3.44. The SMILES string of the molecule is CC.CC.CC1=CC=CCC1.Cc1ccc(-c2ccc(C)c(C)c2)cc1.Cc1ccc(C2=CCC(N(C3=CCCC=C3)c3ccccc3)C=C2)cc1-c1ccccc1.Cc1ccccc1.Cc1ccccc1Cl. The van der Waals surface area contributed by atoms with Gasteiger partial charge in [-0.05, 0) is 167 Å². The highest BCUT2D eigenvalue weighted by Crippen LogP contribution is 2.33. The first kappa shape index (κ1) is 58.6. The molecule has 0 spiro atoms. The van der Waals surface area contributed by atoms with Crippen LogP contribution >= 0.6 is 11.6 Å². The highest BCUT2D eigenvalue weighted by molar-refractivity contribution is 6.31. The summed E-state index contributed by atoms with van der Waals surface area (Å²) in [7, 11) is 0. The summed E-state index contributed by atoms with van der Waals surface area (Å²) >= 11 is 5.71. The van der Waals surface area contributed by atoms with Gasteiger partial charge in [0.1, 0.15) is 0 Å². The summed E-state index contributed by atoms with van der Waals surface area (Å²) in [6.07, 6.45) is 26.2. The molecule has 0 N–H and O–H groups in total. The number of rotatable bonds is 6. The van der Waals surface area contributed by atoms with E-state index in [1.807, 2.05) is 77.1 Å². The number of para-hydroxylation sites is 1. The van der Waals surface area contributed by atoms with Gasteiger partial charge in [0, 0.05) is 16.4 Å². The zero-order valence-electron chi connectivity index (χ0n) is 45.9. The van der Waals surface area contributed by atoms with Crippen LogP contribution in [-0.2, 0) is 0 Å². The van der Waals surface area contributed by atoms with Gasteiger partial charge in [0.05, 0.1) is 6.04 Å². The first-order chi connectivity index (χ1) is 35.5. The van der Waals surface area contributed by atoms with E-state index in [9.17, 15) is 0 Å². The molecular formula is C71H82ClN. The molecule has 0 amide bonds. The van der Waals surface area contributed by atoms with E-state index in [-0.39, 0.29) is 0 Å². The van der Waals surface area contributed by atoms with Crippen LogP contribution in [0.25, 0.3) is 27.8 Å². The zero-order valence-corrected chi connectivity index (χ0v) is 46.6. The number of nitrogens with zero attached hydrogens (tertiary/aromatic N) is 1. The standard InChI is InChI=1S/C31H29N.C15H16.C7H7Cl.C7H10.C7H8.2C2H6/c1-24-17-18-27(23-31(24)26-11-5-2-6-12-26)25-19-21-30(22-20-25)32(28-13-7-3-8-14-28)29-15-9-4-10-16-29;1-11-4-7-14(8-5-11)15-9-6-12(2)13(3)10-15;1-6-4-2-3-5-7(6)8;2*1-7-5-3-2-4-6-7;2*1-2/h2-3,5-9,11-21,23,30H,4,10,22H2,1H3;4-10H,1-3H3;2-5H,1H3;2-3,5H,4,6H2,1H3;2-6H,1H3;2*1-2H3. The van der Waals surface area contributed by atoms with Crippen LogP contribution in [0.1, 0.15) is 106 Å². The minimum atomic E-state index is 0.314. The Morgan fingerprint density at radius 1 is 0.452 bits per heavy atom. The molecule has 7 aromatic carbocycles. The molecule has 0 saturated heterocycles. The van der Waals surface area contributed by atoms with Crippen LogP contribution in [0.15, 0.2) is 242 Å². The quantitative estimate of drug-likeness (QED) is 0.160. The lowest BCUT2D eigenvalue weighted by Gasteiger charge is -2.34. The molecule has 7 aromatic rings. The van der Waals surface area contributed by atoms with E-state index in [0.717, 1.165) is 29.8 Å². The minimum Gasteiger partial charge on any atom is -0.335 e. The van der Waals surface area contributed by atoms with Gasteiger partial charge in [0.2, 0.25) is 0 Å². The van der Waals surface area contributed by atoms with E-state index in [1.165, 1.54) is 91.0 Å². The first-order valence-electron chi connectivity index (χ1n) is 26.5. The summed E-state index contributed by atoms with van der Waals surface area (Å²) in [5, 5.41) is 0.840. The van der Waals surface area contributed by atoms with E-state index in [4.69, 9.17) is 11.6 Å². The van der Waals surface area contributed by atoms with Crippen LogP contribution in [0.5, 0.6) is 0 Å². The third-order valence-corrected chi connectivity index (χ3v) is 12.9. The van der Waals surface area contributed by atoms with Gasteiger partial charge < -0.3 is 4.90 Å². The molecule has 0 saturated carbocycles. The summed E-state index contributed by atoms with van der Waals surface area (Å²) in [5.74, 6) is 0. The van der Waals surface area contributed by atoms with E-state index >= 15 is 0 Å². The highest BCUT2D eigenvalue weighted by Gasteiger charge is 2.22. The van der Waals surface area contributed by atoms with Gasteiger partial charge in [-0.25, -0.2) is 0 Å². The lowest BCUT2D eigenvalue weighted by atomic mass is 9.91. The normalized spacial score (nSPS) is 13.7. The number of halogens is 1. The molecule has 1 unspecified atom stereocenters. The molecular weight excluding hydrogens is 902 g/mol. The number of allylic oxidation sites excluding steroid dienone is 9. The molecule has 1 atom stereocenters. The molecule has 0 aliphatic heterocycles. The Morgan fingerprint density at radius 3 is 1.55 bits per heavy atom. The third kappa shape index (κ3) is 19.9. The van der Waals surface area contributed by atoms with Crippen LogP contribution in [0.4, 0.5) is 5.69 Å². The van der Waals surface area contributed by atoms with Crippen molar-refractivity contribution in [2.75, 3.05) is 4.90 Å². The van der Waals surface area contributed by atoms with Crippen molar-refractivity contribution in [1.82, 2.24) is 0 Å². The van der Waals surface area contributed by atoms with Gasteiger partial charge in [-0.3, -0.25) is 0 Å². The molecule has 10 rings (SSSR count). The van der Waals surface area contributed by atoms with E-state index in [1.54, 1.807) is 0 Å². The number of anilines is 1. The maximum atomic E-state index is 5.71. The van der Waals surface area contributed by atoms with Gasteiger partial charge in [0.15, 0.2) is 0 Å². The minimum absolute atomic E-state index is 0.314. The summed E-state index contributed by atoms with van der Waals surface area (Å²) in [4.78, 5) is 2.48. The van der Waals surface area contributed by atoms with Crippen molar-refractivity contribution in [3.63, 3.8) is 0 Å². The molecule has 73 heavy (non-hydrogen) atoms. The fourth-order valence-corrected chi connectivity index (χ4v) is 8.25. The largest absolute Gasteiger partial charge is 0.335 e. The van der Waals surface area contributed by atoms with Crippen molar-refractivity contribution >= 4 is 22.9 Å². The average molecular weight is 985 g/mol. The number of aryl methyl sites for hydroxylation is 6.